The first-order valence-electron chi connectivity index (χ1n) is 13.3. The highest BCUT2D eigenvalue weighted by Crippen LogP contribution is 2.31. The van der Waals surface area contributed by atoms with E-state index in [0.29, 0.717) is 59.6 Å². The van der Waals surface area contributed by atoms with Crippen molar-refractivity contribution in [3.8, 4) is 17.2 Å². The number of ether oxygens (including phenoxy) is 4. The predicted molar refractivity (Wildman–Crippen MR) is 152 cm³/mol. The van der Waals surface area contributed by atoms with Gasteiger partial charge in [0.1, 0.15) is 23.4 Å². The lowest BCUT2D eigenvalue weighted by Gasteiger charge is -2.30. The van der Waals surface area contributed by atoms with E-state index in [-0.39, 0.29) is 24.0 Å². The van der Waals surface area contributed by atoms with E-state index in [1.165, 1.54) is 18.4 Å². The molecule has 5 rings (SSSR count). The van der Waals surface area contributed by atoms with Crippen LogP contribution in [0.5, 0.6) is 17.2 Å². The standard InChI is InChI=1S/C29H32N4O7S/c1-18(17-37-2)39-22-13-20(26(34)31-28-30-24-9-12-33(29(36)38-3)16-25(24)41-28)14-23(15-22)40-21-7-5-19(6-8-21)27(35)32-10-4-11-32/h5-8,13-15,18H,4,9-12,16-17H2,1-3H3,(H,30,31,34). The Hall–Kier alpha value is -4.16. The van der Waals surface area contributed by atoms with Gasteiger partial charge in [0, 0.05) is 55.2 Å². The summed E-state index contributed by atoms with van der Waals surface area (Å²) in [6.45, 7) is 4.69. The van der Waals surface area contributed by atoms with Gasteiger partial charge in [0.2, 0.25) is 0 Å². The molecule has 0 saturated carbocycles. The summed E-state index contributed by atoms with van der Waals surface area (Å²) in [7, 11) is 2.94. The molecule has 12 heteroatoms. The van der Waals surface area contributed by atoms with Gasteiger partial charge in [-0.05, 0) is 49.7 Å². The SMILES string of the molecule is COCC(C)Oc1cc(Oc2ccc(C(=O)N3CCC3)cc2)cc(C(=O)Nc2nc3c(s2)CN(C(=O)OC)CC3)c1. The van der Waals surface area contributed by atoms with Crippen LogP contribution in [-0.4, -0.2) is 79.3 Å². The molecule has 0 bridgehead atoms. The van der Waals surface area contributed by atoms with Crippen molar-refractivity contribution in [1.82, 2.24) is 14.8 Å². The molecule has 1 aromatic heterocycles. The van der Waals surface area contributed by atoms with Gasteiger partial charge in [-0.2, -0.15) is 0 Å². The van der Waals surface area contributed by atoms with Gasteiger partial charge in [0.25, 0.3) is 11.8 Å². The highest BCUT2D eigenvalue weighted by atomic mass is 32.1. The summed E-state index contributed by atoms with van der Waals surface area (Å²) in [5, 5.41) is 3.31. The van der Waals surface area contributed by atoms with Crippen LogP contribution >= 0.6 is 11.3 Å². The largest absolute Gasteiger partial charge is 0.488 e. The minimum Gasteiger partial charge on any atom is -0.488 e. The highest BCUT2D eigenvalue weighted by Gasteiger charge is 2.25. The Morgan fingerprint density at radius 3 is 2.41 bits per heavy atom. The van der Waals surface area contributed by atoms with E-state index in [1.807, 2.05) is 6.92 Å². The Morgan fingerprint density at radius 2 is 1.73 bits per heavy atom. The van der Waals surface area contributed by atoms with Gasteiger partial charge < -0.3 is 28.7 Å². The van der Waals surface area contributed by atoms with Crippen LogP contribution < -0.4 is 14.8 Å². The van der Waals surface area contributed by atoms with E-state index in [4.69, 9.17) is 18.9 Å². The summed E-state index contributed by atoms with van der Waals surface area (Å²) >= 11 is 1.33. The van der Waals surface area contributed by atoms with Crippen molar-refractivity contribution in [2.24, 2.45) is 0 Å². The number of benzene rings is 2. The van der Waals surface area contributed by atoms with Crippen molar-refractivity contribution in [2.45, 2.75) is 32.4 Å². The molecular weight excluding hydrogens is 548 g/mol. The number of aromatic nitrogens is 1. The molecule has 3 aromatic rings. The summed E-state index contributed by atoms with van der Waals surface area (Å²) < 4.78 is 22.1. The molecule has 11 nitrogen and oxygen atoms in total. The first-order chi connectivity index (χ1) is 19.8. The van der Waals surface area contributed by atoms with Crippen molar-refractivity contribution < 1.29 is 33.3 Å². The van der Waals surface area contributed by atoms with Gasteiger partial charge >= 0.3 is 6.09 Å². The number of amides is 3. The second-order valence-corrected chi connectivity index (χ2v) is 10.9. The molecule has 0 spiro atoms. The Kier molecular flexibility index (Phi) is 8.70. The first-order valence-corrected chi connectivity index (χ1v) is 14.1. The van der Waals surface area contributed by atoms with E-state index in [9.17, 15) is 14.4 Å². The Bertz CT molecular complexity index is 1420. The lowest BCUT2D eigenvalue weighted by atomic mass is 10.1. The third-order valence-corrected chi connectivity index (χ3v) is 7.74. The molecule has 0 radical (unpaired) electrons. The molecular formula is C29H32N4O7S. The third kappa shape index (κ3) is 6.77. The zero-order valence-corrected chi connectivity index (χ0v) is 24.0. The van der Waals surface area contributed by atoms with Crippen LogP contribution in [0, 0.1) is 0 Å². The summed E-state index contributed by atoms with van der Waals surface area (Å²) in [5.41, 5.74) is 1.77. The molecule has 0 aliphatic carbocycles. The molecule has 216 valence electrons. The van der Waals surface area contributed by atoms with Gasteiger partial charge in [-0.1, -0.05) is 11.3 Å². The van der Waals surface area contributed by atoms with Crippen LogP contribution in [0.15, 0.2) is 42.5 Å². The van der Waals surface area contributed by atoms with E-state index in [0.717, 1.165) is 30.1 Å². The van der Waals surface area contributed by atoms with Crippen LogP contribution in [0.1, 0.15) is 44.6 Å². The summed E-state index contributed by atoms with van der Waals surface area (Å²) in [6, 6.07) is 11.9. The number of carbonyl (C=O) groups is 3. The second-order valence-electron chi connectivity index (χ2n) is 9.83. The van der Waals surface area contributed by atoms with E-state index in [2.05, 4.69) is 10.3 Å². The number of fused-ring (bicyclic) bond motifs is 1. The smallest absolute Gasteiger partial charge is 0.409 e. The summed E-state index contributed by atoms with van der Waals surface area (Å²) in [4.78, 5) is 46.6. The third-order valence-electron chi connectivity index (χ3n) is 6.75. The maximum atomic E-state index is 13.3. The van der Waals surface area contributed by atoms with Crippen LogP contribution in [-0.2, 0) is 22.4 Å². The molecule has 3 heterocycles. The average molecular weight is 581 g/mol. The molecule has 1 fully saturated rings. The molecule has 3 amide bonds. The maximum absolute atomic E-state index is 13.3. The van der Waals surface area contributed by atoms with E-state index >= 15 is 0 Å². The zero-order valence-electron chi connectivity index (χ0n) is 23.2. The topological polar surface area (TPSA) is 120 Å². The van der Waals surface area contributed by atoms with Crippen molar-refractivity contribution in [1.29, 1.82) is 0 Å². The van der Waals surface area contributed by atoms with Gasteiger partial charge in [-0.25, -0.2) is 9.78 Å². The molecule has 1 atom stereocenters. The molecule has 41 heavy (non-hydrogen) atoms. The molecule has 1 saturated heterocycles. The lowest BCUT2D eigenvalue weighted by molar-refractivity contribution is 0.0651. The first kappa shape index (κ1) is 28.4. The van der Waals surface area contributed by atoms with E-state index < -0.39 is 0 Å². The number of nitrogens with one attached hydrogen (secondary N) is 1. The number of methoxy groups -OCH3 is 2. The summed E-state index contributed by atoms with van der Waals surface area (Å²) in [6.07, 6.45) is 0.960. The Balaban J connectivity index is 1.33. The number of likely N-dealkylation sites (tertiary alicyclic amines) is 1. The number of nitrogens with zero attached hydrogens (tertiary/aromatic N) is 3. The molecule has 2 aromatic carbocycles. The number of carbonyl (C=O) groups excluding carboxylic acids is 3. The normalized spacial score (nSPS) is 14.9. The fourth-order valence-corrected chi connectivity index (χ4v) is 5.56. The number of hydrogen-bond donors (Lipinski definition) is 1. The Labute approximate surface area is 242 Å². The summed E-state index contributed by atoms with van der Waals surface area (Å²) in [5.74, 6) is 0.971. The van der Waals surface area contributed by atoms with Crippen molar-refractivity contribution >= 4 is 34.4 Å². The van der Waals surface area contributed by atoms with Crippen LogP contribution in [0.4, 0.5) is 9.93 Å². The monoisotopic (exact) mass is 580 g/mol. The van der Waals surface area contributed by atoms with Crippen molar-refractivity contribution in [3.63, 3.8) is 0 Å². The Morgan fingerprint density at radius 1 is 0.976 bits per heavy atom. The second kappa shape index (κ2) is 12.6. The lowest BCUT2D eigenvalue weighted by Crippen LogP contribution is -2.41. The zero-order chi connectivity index (χ0) is 28.9. The average Bonchev–Trinajstić information content (AvgIpc) is 3.33. The fraction of sp³-hybridized carbons (Fsp3) is 0.379. The fourth-order valence-electron chi connectivity index (χ4n) is 4.54. The van der Waals surface area contributed by atoms with Crippen molar-refractivity contribution in [2.75, 3.05) is 45.8 Å². The van der Waals surface area contributed by atoms with Gasteiger partial charge in [0.15, 0.2) is 5.13 Å². The quantitative estimate of drug-likeness (QED) is 0.391. The minimum atomic E-state index is -0.390. The highest BCUT2D eigenvalue weighted by molar-refractivity contribution is 7.15. The number of hydrogen-bond acceptors (Lipinski definition) is 9. The van der Waals surface area contributed by atoms with Crippen LogP contribution in [0.25, 0.3) is 0 Å². The minimum absolute atomic E-state index is 0.00570. The van der Waals surface area contributed by atoms with Gasteiger partial charge in [-0.15, -0.1) is 0 Å². The van der Waals surface area contributed by atoms with Crippen molar-refractivity contribution in [3.05, 3.63) is 64.2 Å². The number of anilines is 1. The molecule has 1 unspecified atom stereocenters. The number of thiazole rings is 1. The maximum Gasteiger partial charge on any atom is 0.409 e. The molecule has 2 aliphatic rings. The van der Waals surface area contributed by atoms with Gasteiger partial charge in [-0.3, -0.25) is 14.9 Å². The van der Waals surface area contributed by atoms with Crippen LogP contribution in [0.2, 0.25) is 0 Å². The van der Waals surface area contributed by atoms with E-state index in [1.54, 1.807) is 59.4 Å². The predicted octanol–water partition coefficient (Wildman–Crippen LogP) is 4.57. The molecule has 1 N–H and O–H groups in total. The number of rotatable bonds is 9. The van der Waals surface area contributed by atoms with Gasteiger partial charge in [0.05, 0.1) is 26.0 Å². The van der Waals surface area contributed by atoms with Crippen LogP contribution in [0.3, 0.4) is 0 Å². The molecule has 2 aliphatic heterocycles.